The maximum atomic E-state index is 13.0. The average molecular weight is 432 g/mol. The molecule has 0 fully saturated rings. The van der Waals surface area contributed by atoms with E-state index in [9.17, 15) is 4.79 Å². The monoisotopic (exact) mass is 431 g/mol. The highest BCUT2D eigenvalue weighted by Gasteiger charge is 2.19. The number of hydrogen-bond donors (Lipinski definition) is 0. The number of carbonyl (C=O) groups is 1. The third-order valence-corrected chi connectivity index (χ3v) is 5.80. The molecule has 7 heteroatoms. The Labute approximate surface area is 164 Å². The van der Waals surface area contributed by atoms with Crippen LogP contribution in [0, 0.1) is 13.8 Å². The zero-order chi connectivity index (χ0) is 18.7. The van der Waals surface area contributed by atoms with Crippen molar-refractivity contribution in [3.05, 3.63) is 69.6 Å². The van der Waals surface area contributed by atoms with Gasteiger partial charge in [0.2, 0.25) is 0 Å². The first kappa shape index (κ1) is 18.7. The molecule has 3 aromatic rings. The van der Waals surface area contributed by atoms with E-state index < -0.39 is 0 Å². The third-order valence-electron chi connectivity index (χ3n) is 3.87. The van der Waals surface area contributed by atoms with E-state index in [0.29, 0.717) is 16.3 Å². The average Bonchev–Trinajstić information content (AvgIpc) is 3.06. The summed E-state index contributed by atoms with van der Waals surface area (Å²) in [5.74, 6) is 1.26. The maximum Gasteiger partial charge on any atom is 0.260 e. The largest absolute Gasteiger partial charge is 0.361 e. The molecule has 5 nitrogen and oxygen atoms in total. The number of halogens is 1. The number of pyridine rings is 1. The third kappa shape index (κ3) is 4.16. The molecule has 0 unspecified atom stereocenters. The highest BCUT2D eigenvalue weighted by atomic mass is 79.9. The fourth-order valence-electron chi connectivity index (χ4n) is 2.43. The first-order valence-corrected chi connectivity index (χ1v) is 9.78. The number of benzene rings is 1. The minimum Gasteiger partial charge on any atom is -0.361 e. The molecule has 0 saturated carbocycles. The SMILES string of the molecule is Cc1cc(CSc2ncccc2C(=O)N(C)c2ccc(Br)c(C)c2)no1. The molecule has 0 spiro atoms. The minimum absolute atomic E-state index is 0.0985. The Hall–Kier alpha value is -2.12. The smallest absolute Gasteiger partial charge is 0.260 e. The van der Waals surface area contributed by atoms with E-state index in [0.717, 1.165) is 27.2 Å². The van der Waals surface area contributed by atoms with Gasteiger partial charge in [0.1, 0.15) is 10.8 Å². The molecule has 2 aromatic heterocycles. The summed E-state index contributed by atoms with van der Waals surface area (Å²) in [6.07, 6.45) is 1.69. The molecule has 0 N–H and O–H groups in total. The van der Waals surface area contributed by atoms with E-state index in [1.54, 1.807) is 30.3 Å². The van der Waals surface area contributed by atoms with Gasteiger partial charge in [0, 0.05) is 35.2 Å². The summed E-state index contributed by atoms with van der Waals surface area (Å²) >= 11 is 4.96. The standard InChI is InChI=1S/C19H18BrN3O2S/c1-12-9-15(6-7-17(12)20)23(3)19(24)16-5-4-8-21-18(16)26-11-14-10-13(2)25-22-14/h4-10H,11H2,1-3H3. The van der Waals surface area contributed by atoms with Gasteiger partial charge in [-0.25, -0.2) is 4.98 Å². The van der Waals surface area contributed by atoms with Crippen molar-refractivity contribution in [2.45, 2.75) is 24.6 Å². The Balaban J connectivity index is 1.81. The summed E-state index contributed by atoms with van der Waals surface area (Å²) < 4.78 is 6.10. The van der Waals surface area contributed by atoms with Crippen molar-refractivity contribution in [3.8, 4) is 0 Å². The lowest BCUT2D eigenvalue weighted by Crippen LogP contribution is -2.27. The molecular weight excluding hydrogens is 414 g/mol. The lowest BCUT2D eigenvalue weighted by atomic mass is 10.2. The molecule has 0 saturated heterocycles. The molecule has 26 heavy (non-hydrogen) atoms. The van der Waals surface area contributed by atoms with E-state index in [2.05, 4.69) is 26.1 Å². The van der Waals surface area contributed by atoms with Crippen LogP contribution in [0.2, 0.25) is 0 Å². The van der Waals surface area contributed by atoms with Crippen LogP contribution >= 0.6 is 27.7 Å². The number of aromatic nitrogens is 2. The van der Waals surface area contributed by atoms with Gasteiger partial charge < -0.3 is 9.42 Å². The molecular formula is C19H18BrN3O2S. The van der Waals surface area contributed by atoms with Gasteiger partial charge in [-0.05, 0) is 49.7 Å². The van der Waals surface area contributed by atoms with Crippen LogP contribution in [0.25, 0.3) is 0 Å². The Morgan fingerprint density at radius 3 is 2.77 bits per heavy atom. The fourth-order valence-corrected chi connectivity index (χ4v) is 3.55. The van der Waals surface area contributed by atoms with Crippen LogP contribution in [0.5, 0.6) is 0 Å². The van der Waals surface area contributed by atoms with Gasteiger partial charge >= 0.3 is 0 Å². The van der Waals surface area contributed by atoms with Gasteiger partial charge in [0.05, 0.1) is 11.3 Å². The van der Waals surface area contributed by atoms with Crippen LogP contribution in [0.3, 0.4) is 0 Å². The van der Waals surface area contributed by atoms with E-state index in [1.165, 1.54) is 11.8 Å². The predicted molar refractivity (Wildman–Crippen MR) is 107 cm³/mol. The summed E-state index contributed by atoms with van der Waals surface area (Å²) in [7, 11) is 1.77. The second-order valence-electron chi connectivity index (χ2n) is 5.87. The van der Waals surface area contributed by atoms with Gasteiger partial charge in [-0.3, -0.25) is 4.79 Å². The Morgan fingerprint density at radius 2 is 2.08 bits per heavy atom. The predicted octanol–water partition coefficient (Wildman–Crippen LogP) is 5.02. The van der Waals surface area contributed by atoms with Crippen LogP contribution in [0.4, 0.5) is 5.69 Å². The van der Waals surface area contributed by atoms with Crippen molar-refractivity contribution in [2.24, 2.45) is 0 Å². The Morgan fingerprint density at radius 1 is 1.27 bits per heavy atom. The second kappa shape index (κ2) is 8.05. The summed E-state index contributed by atoms with van der Waals surface area (Å²) in [6.45, 7) is 3.85. The van der Waals surface area contributed by atoms with Gasteiger partial charge in [-0.1, -0.05) is 32.8 Å². The van der Waals surface area contributed by atoms with Crippen molar-refractivity contribution >= 4 is 39.3 Å². The van der Waals surface area contributed by atoms with Crippen LogP contribution in [-0.4, -0.2) is 23.1 Å². The van der Waals surface area contributed by atoms with E-state index in [4.69, 9.17) is 4.52 Å². The number of hydrogen-bond acceptors (Lipinski definition) is 5. The number of rotatable bonds is 5. The molecule has 1 amide bonds. The Kier molecular flexibility index (Phi) is 5.78. The number of carbonyl (C=O) groups excluding carboxylic acids is 1. The quantitative estimate of drug-likeness (QED) is 0.530. The molecule has 3 rings (SSSR count). The van der Waals surface area contributed by atoms with E-state index in [1.807, 2.05) is 38.1 Å². The lowest BCUT2D eigenvalue weighted by molar-refractivity contribution is 0.0989. The van der Waals surface area contributed by atoms with Crippen molar-refractivity contribution in [3.63, 3.8) is 0 Å². The number of nitrogens with zero attached hydrogens (tertiary/aromatic N) is 3. The van der Waals surface area contributed by atoms with Crippen LogP contribution in [0.15, 0.2) is 56.6 Å². The number of amides is 1. The Bertz CT molecular complexity index is 942. The maximum absolute atomic E-state index is 13.0. The summed E-state index contributed by atoms with van der Waals surface area (Å²) in [5, 5.41) is 4.66. The zero-order valence-corrected chi connectivity index (χ0v) is 17.1. The van der Waals surface area contributed by atoms with Gasteiger partial charge in [0.25, 0.3) is 5.91 Å². The summed E-state index contributed by atoms with van der Waals surface area (Å²) in [4.78, 5) is 19.0. The van der Waals surface area contributed by atoms with Crippen molar-refractivity contribution in [2.75, 3.05) is 11.9 Å². The zero-order valence-electron chi connectivity index (χ0n) is 14.7. The molecule has 2 heterocycles. The van der Waals surface area contributed by atoms with Crippen LogP contribution < -0.4 is 4.90 Å². The molecule has 0 radical (unpaired) electrons. The first-order chi connectivity index (χ1) is 12.5. The van der Waals surface area contributed by atoms with Crippen LogP contribution in [-0.2, 0) is 5.75 Å². The molecule has 0 atom stereocenters. The van der Waals surface area contributed by atoms with Gasteiger partial charge in [-0.2, -0.15) is 0 Å². The topological polar surface area (TPSA) is 59.2 Å². The number of thioether (sulfide) groups is 1. The first-order valence-electron chi connectivity index (χ1n) is 8.00. The lowest BCUT2D eigenvalue weighted by Gasteiger charge is -2.19. The van der Waals surface area contributed by atoms with Gasteiger partial charge in [-0.15, -0.1) is 0 Å². The van der Waals surface area contributed by atoms with E-state index >= 15 is 0 Å². The van der Waals surface area contributed by atoms with Crippen LogP contribution in [0.1, 0.15) is 27.4 Å². The summed E-state index contributed by atoms with van der Waals surface area (Å²) in [5.41, 5.74) is 3.31. The second-order valence-corrected chi connectivity index (χ2v) is 7.69. The van der Waals surface area contributed by atoms with Crippen molar-refractivity contribution in [1.82, 2.24) is 10.1 Å². The highest BCUT2D eigenvalue weighted by Crippen LogP contribution is 2.27. The van der Waals surface area contributed by atoms with E-state index in [-0.39, 0.29) is 5.91 Å². The number of anilines is 1. The molecule has 0 aliphatic carbocycles. The van der Waals surface area contributed by atoms with Gasteiger partial charge in [0.15, 0.2) is 0 Å². The highest BCUT2D eigenvalue weighted by molar-refractivity contribution is 9.10. The number of aryl methyl sites for hydroxylation is 2. The normalized spacial score (nSPS) is 10.8. The minimum atomic E-state index is -0.0985. The molecule has 134 valence electrons. The molecule has 0 aliphatic rings. The molecule has 1 aromatic carbocycles. The summed E-state index contributed by atoms with van der Waals surface area (Å²) in [6, 6.07) is 11.3. The van der Waals surface area contributed by atoms with Crippen molar-refractivity contribution in [1.29, 1.82) is 0 Å². The fraction of sp³-hybridized carbons (Fsp3) is 0.211. The molecule has 0 bridgehead atoms. The van der Waals surface area contributed by atoms with Crippen molar-refractivity contribution < 1.29 is 9.32 Å². The molecule has 0 aliphatic heterocycles.